The van der Waals surface area contributed by atoms with Crippen LogP contribution in [0.1, 0.15) is 47.1 Å². The van der Waals surface area contributed by atoms with E-state index in [1.165, 1.54) is 0 Å². The lowest BCUT2D eigenvalue weighted by Crippen LogP contribution is -2.47. The van der Waals surface area contributed by atoms with E-state index in [4.69, 9.17) is 16.3 Å². The van der Waals surface area contributed by atoms with Crippen LogP contribution in [0.5, 0.6) is 0 Å². The molecule has 1 aromatic rings. The van der Waals surface area contributed by atoms with Crippen molar-refractivity contribution in [3.8, 4) is 0 Å². The van der Waals surface area contributed by atoms with E-state index < -0.39 is 26.7 Å². The van der Waals surface area contributed by atoms with Gasteiger partial charge in [-0.05, 0) is 45.6 Å². The number of carbonyl (C=O) groups is 1. The van der Waals surface area contributed by atoms with Crippen LogP contribution in [0, 0.1) is 11.8 Å². The summed E-state index contributed by atoms with van der Waals surface area (Å²) >= 11 is 6.53. The number of ether oxygens (including phenoxy) is 1. The second kappa shape index (κ2) is 10.4. The molecule has 158 valence electrons. The highest BCUT2D eigenvalue weighted by Gasteiger charge is 2.33. The second-order valence-corrected chi connectivity index (χ2v) is 11.0. The molecule has 0 heterocycles. The summed E-state index contributed by atoms with van der Waals surface area (Å²) in [6, 6.07) is 8.93. The number of benzene rings is 1. The summed E-state index contributed by atoms with van der Waals surface area (Å²) in [6.07, 6.45) is 2.04. The van der Waals surface area contributed by atoms with Gasteiger partial charge < -0.3 is 4.74 Å². The summed E-state index contributed by atoms with van der Waals surface area (Å²) in [5.41, 5.74) is 0.970. The van der Waals surface area contributed by atoms with Crippen LogP contribution in [-0.2, 0) is 26.0 Å². The van der Waals surface area contributed by atoms with E-state index >= 15 is 0 Å². The maximum atomic E-state index is 12.6. The molecule has 0 aliphatic rings. The number of hydrogen-bond donors (Lipinski definition) is 1. The normalized spacial score (nSPS) is 15.4. The van der Waals surface area contributed by atoms with Crippen molar-refractivity contribution in [3.63, 3.8) is 0 Å². The molecule has 7 heteroatoms. The maximum absolute atomic E-state index is 12.6. The third-order valence-electron chi connectivity index (χ3n) is 4.30. The molecule has 0 unspecified atom stereocenters. The van der Waals surface area contributed by atoms with Crippen molar-refractivity contribution in [2.75, 3.05) is 6.61 Å². The van der Waals surface area contributed by atoms with Crippen LogP contribution in [0.15, 0.2) is 41.4 Å². The summed E-state index contributed by atoms with van der Waals surface area (Å²) in [6.45, 7) is 10.6. The van der Waals surface area contributed by atoms with Crippen LogP contribution in [0.25, 0.3) is 0 Å². The Morgan fingerprint density at radius 1 is 1.21 bits per heavy atom. The second-order valence-electron chi connectivity index (χ2n) is 8.06. The van der Waals surface area contributed by atoms with Crippen LogP contribution >= 0.6 is 11.6 Å². The average molecular weight is 430 g/mol. The number of halogens is 1. The number of rotatable bonds is 9. The minimum atomic E-state index is -3.60. The molecule has 2 atom stereocenters. The highest BCUT2D eigenvalue weighted by molar-refractivity contribution is 7.90. The Morgan fingerprint density at radius 2 is 1.79 bits per heavy atom. The summed E-state index contributed by atoms with van der Waals surface area (Å²) in [7, 11) is -3.60. The minimum absolute atomic E-state index is 0.0968. The van der Waals surface area contributed by atoms with E-state index in [9.17, 15) is 13.2 Å². The zero-order valence-electron chi connectivity index (χ0n) is 17.5. The van der Waals surface area contributed by atoms with Crippen molar-refractivity contribution < 1.29 is 17.9 Å². The fourth-order valence-electron chi connectivity index (χ4n) is 2.48. The molecule has 1 aromatic carbocycles. The van der Waals surface area contributed by atoms with Gasteiger partial charge in [0.2, 0.25) is 10.0 Å². The third kappa shape index (κ3) is 7.22. The molecule has 0 amide bonds. The van der Waals surface area contributed by atoms with Gasteiger partial charge in [-0.15, -0.1) is 0 Å². The van der Waals surface area contributed by atoms with Gasteiger partial charge in [0.05, 0.1) is 23.3 Å². The van der Waals surface area contributed by atoms with E-state index in [1.54, 1.807) is 33.8 Å². The lowest BCUT2D eigenvalue weighted by Gasteiger charge is -2.28. The molecule has 0 fully saturated rings. The predicted molar refractivity (Wildman–Crippen MR) is 115 cm³/mol. The first-order valence-electron chi connectivity index (χ1n) is 9.48. The Kier molecular flexibility index (Phi) is 9.18. The number of nitrogens with one attached hydrogen (secondary N) is 1. The molecule has 5 nitrogen and oxygen atoms in total. The lowest BCUT2D eigenvalue weighted by atomic mass is 9.96. The van der Waals surface area contributed by atoms with Crippen molar-refractivity contribution in [2.45, 2.75) is 58.8 Å². The molecule has 0 spiro atoms. The van der Waals surface area contributed by atoms with Gasteiger partial charge in [0, 0.05) is 5.03 Å². The largest absolute Gasteiger partial charge is 0.466 e. The zero-order valence-corrected chi connectivity index (χ0v) is 19.1. The van der Waals surface area contributed by atoms with E-state index in [1.807, 2.05) is 44.2 Å². The van der Waals surface area contributed by atoms with Gasteiger partial charge in [0.1, 0.15) is 0 Å². The molecule has 0 radical (unpaired) electrons. The van der Waals surface area contributed by atoms with Gasteiger partial charge in [-0.1, -0.05) is 61.9 Å². The number of sulfonamides is 1. The Hall–Kier alpha value is -1.37. The Labute approximate surface area is 174 Å². The van der Waals surface area contributed by atoms with Crippen LogP contribution in [-0.4, -0.2) is 31.8 Å². The summed E-state index contributed by atoms with van der Waals surface area (Å²) in [5, 5.41) is 0.289. The van der Waals surface area contributed by atoms with Gasteiger partial charge in [-0.3, -0.25) is 4.79 Å². The third-order valence-corrected chi connectivity index (χ3v) is 6.84. The summed E-state index contributed by atoms with van der Waals surface area (Å²) in [4.78, 5) is 12.5. The van der Waals surface area contributed by atoms with E-state index in [-0.39, 0.29) is 23.5 Å². The van der Waals surface area contributed by atoms with E-state index in [0.29, 0.717) is 6.42 Å². The van der Waals surface area contributed by atoms with Crippen LogP contribution < -0.4 is 4.72 Å². The maximum Gasteiger partial charge on any atom is 0.313 e. The highest BCUT2D eigenvalue weighted by Crippen LogP contribution is 2.24. The van der Waals surface area contributed by atoms with Crippen molar-refractivity contribution >= 4 is 27.6 Å². The topological polar surface area (TPSA) is 72.5 Å². The molecule has 0 saturated carbocycles. The molecule has 0 aromatic heterocycles. The highest BCUT2D eigenvalue weighted by atomic mass is 35.5. The van der Waals surface area contributed by atoms with Gasteiger partial charge in [0.15, 0.2) is 0 Å². The first-order chi connectivity index (χ1) is 12.9. The molecule has 0 aliphatic carbocycles. The molecule has 28 heavy (non-hydrogen) atoms. The van der Waals surface area contributed by atoms with Gasteiger partial charge in [0.25, 0.3) is 0 Å². The monoisotopic (exact) mass is 429 g/mol. The van der Waals surface area contributed by atoms with Gasteiger partial charge >= 0.3 is 5.97 Å². The number of esters is 1. The molecule has 0 aliphatic heterocycles. The molecule has 0 bridgehead atoms. The van der Waals surface area contributed by atoms with Crippen molar-refractivity contribution in [2.24, 2.45) is 11.8 Å². The fourth-order valence-corrected chi connectivity index (χ4v) is 4.09. The molecule has 1 rings (SSSR count). The fraction of sp³-hybridized carbons (Fsp3) is 0.571. The van der Waals surface area contributed by atoms with E-state index in [2.05, 4.69) is 4.72 Å². The number of hydrogen-bond acceptors (Lipinski definition) is 4. The average Bonchev–Trinajstić information content (AvgIpc) is 2.59. The first-order valence-corrected chi connectivity index (χ1v) is 11.3. The van der Waals surface area contributed by atoms with Crippen molar-refractivity contribution in [3.05, 3.63) is 47.0 Å². The number of carbonyl (C=O) groups excluding carboxylic acids is 1. The summed E-state index contributed by atoms with van der Waals surface area (Å²) in [5.74, 6) is -1.08. The standard InChI is InChI=1S/C21H32ClNO4S/c1-7-27-20(24)17(13-16-11-9-8-10-12-16)14-18(22)19(15(2)3)23-28(25,26)21(4,5)6/h8-12,14-15,17,19,23H,7,13H2,1-6H3/b18-14+/t17-,19-/m0/s1. The SMILES string of the molecule is CCOC(=O)[C@H](/C=C(/Cl)[C@@H](NS(=O)(=O)C(C)(C)C)C(C)C)Cc1ccccc1. The van der Waals surface area contributed by atoms with Crippen LogP contribution in [0.3, 0.4) is 0 Å². The summed E-state index contributed by atoms with van der Waals surface area (Å²) < 4.78 is 32.1. The predicted octanol–water partition coefficient (Wildman–Crippen LogP) is 4.27. The van der Waals surface area contributed by atoms with Crippen LogP contribution in [0.2, 0.25) is 0 Å². The van der Waals surface area contributed by atoms with Crippen molar-refractivity contribution in [1.29, 1.82) is 0 Å². The van der Waals surface area contributed by atoms with Gasteiger partial charge in [-0.25, -0.2) is 13.1 Å². The Bertz CT molecular complexity index is 767. The lowest BCUT2D eigenvalue weighted by molar-refractivity contribution is -0.146. The Morgan fingerprint density at radius 3 is 2.25 bits per heavy atom. The van der Waals surface area contributed by atoms with Crippen molar-refractivity contribution in [1.82, 2.24) is 4.72 Å². The van der Waals surface area contributed by atoms with Gasteiger partial charge in [-0.2, -0.15) is 0 Å². The van der Waals surface area contributed by atoms with Crippen LogP contribution in [0.4, 0.5) is 0 Å². The molecular weight excluding hydrogens is 398 g/mol. The molecular formula is C21H32ClNO4S. The quantitative estimate of drug-likeness (QED) is 0.595. The molecule has 1 N–H and O–H groups in total. The van der Waals surface area contributed by atoms with E-state index in [0.717, 1.165) is 5.56 Å². The zero-order chi connectivity index (χ0) is 21.5. The Balaban J connectivity index is 3.19. The first kappa shape index (κ1) is 24.7. The smallest absolute Gasteiger partial charge is 0.313 e. The minimum Gasteiger partial charge on any atom is -0.466 e. The molecule has 0 saturated heterocycles.